The Kier molecular flexibility index (Phi) is 4.44. The van der Waals surface area contributed by atoms with Gasteiger partial charge in [-0.1, -0.05) is 53.2 Å². The Morgan fingerprint density at radius 2 is 2.06 bits per heavy atom. The summed E-state index contributed by atoms with van der Waals surface area (Å²) in [5.74, 6) is 0.732. The standard InChI is InChI=1S/C15H20BrNO/c1-12(7-10-16)11-17-14(18)15(8-9-15)13-5-3-2-4-6-13/h2-6,12H,7-11H2,1H3,(H,17,18). The molecule has 1 aromatic carbocycles. The molecule has 1 aromatic rings. The van der Waals surface area contributed by atoms with Gasteiger partial charge in [0.25, 0.3) is 0 Å². The van der Waals surface area contributed by atoms with Crippen LogP contribution < -0.4 is 5.32 Å². The number of benzene rings is 1. The molecule has 0 heterocycles. The predicted molar refractivity (Wildman–Crippen MR) is 77.9 cm³/mol. The number of carbonyl (C=O) groups is 1. The SMILES string of the molecule is CC(CCBr)CNC(=O)C1(c2ccccc2)CC1. The van der Waals surface area contributed by atoms with E-state index in [0.717, 1.165) is 36.7 Å². The van der Waals surface area contributed by atoms with Crippen molar-refractivity contribution in [3.05, 3.63) is 35.9 Å². The van der Waals surface area contributed by atoms with Crippen LogP contribution in [0.15, 0.2) is 30.3 Å². The largest absolute Gasteiger partial charge is 0.355 e. The van der Waals surface area contributed by atoms with Crippen LogP contribution in [0.5, 0.6) is 0 Å². The second-order valence-electron chi connectivity index (χ2n) is 5.24. The maximum Gasteiger partial charge on any atom is 0.230 e. The second kappa shape index (κ2) is 5.87. The fourth-order valence-corrected chi connectivity index (χ4v) is 3.04. The van der Waals surface area contributed by atoms with Crippen LogP contribution in [-0.4, -0.2) is 17.8 Å². The molecule has 18 heavy (non-hydrogen) atoms. The van der Waals surface area contributed by atoms with E-state index in [9.17, 15) is 4.79 Å². The highest BCUT2D eigenvalue weighted by atomic mass is 79.9. The van der Waals surface area contributed by atoms with Crippen molar-refractivity contribution in [1.29, 1.82) is 0 Å². The maximum atomic E-state index is 12.3. The summed E-state index contributed by atoms with van der Waals surface area (Å²) in [6.45, 7) is 2.95. The van der Waals surface area contributed by atoms with Gasteiger partial charge in [0.05, 0.1) is 5.41 Å². The molecule has 0 spiro atoms. The molecule has 1 aliphatic carbocycles. The Bertz CT molecular complexity index is 400. The summed E-state index contributed by atoms with van der Waals surface area (Å²) in [4.78, 5) is 12.3. The van der Waals surface area contributed by atoms with Crippen molar-refractivity contribution in [2.24, 2.45) is 5.92 Å². The monoisotopic (exact) mass is 309 g/mol. The van der Waals surface area contributed by atoms with Gasteiger partial charge >= 0.3 is 0 Å². The molecule has 1 amide bonds. The molecule has 2 nitrogen and oxygen atoms in total. The van der Waals surface area contributed by atoms with E-state index in [1.807, 2.05) is 18.2 Å². The zero-order valence-corrected chi connectivity index (χ0v) is 12.4. The molecule has 1 N–H and O–H groups in total. The van der Waals surface area contributed by atoms with Crippen molar-refractivity contribution in [2.75, 3.05) is 11.9 Å². The topological polar surface area (TPSA) is 29.1 Å². The maximum absolute atomic E-state index is 12.3. The summed E-state index contributed by atoms with van der Waals surface area (Å²) >= 11 is 3.43. The van der Waals surface area contributed by atoms with Crippen molar-refractivity contribution in [2.45, 2.75) is 31.6 Å². The number of hydrogen-bond acceptors (Lipinski definition) is 1. The van der Waals surface area contributed by atoms with Crippen LogP contribution in [0.4, 0.5) is 0 Å². The third kappa shape index (κ3) is 2.94. The summed E-state index contributed by atoms with van der Waals surface area (Å²) in [5.41, 5.74) is 0.936. The van der Waals surface area contributed by atoms with Crippen molar-refractivity contribution in [1.82, 2.24) is 5.32 Å². The highest BCUT2D eigenvalue weighted by Crippen LogP contribution is 2.48. The van der Waals surface area contributed by atoms with Crippen LogP contribution in [0.3, 0.4) is 0 Å². The third-order valence-corrected chi connectivity index (χ3v) is 4.18. The molecular formula is C15H20BrNO. The Balaban J connectivity index is 1.93. The van der Waals surface area contributed by atoms with E-state index in [1.54, 1.807) is 0 Å². The van der Waals surface area contributed by atoms with Gasteiger partial charge < -0.3 is 5.32 Å². The average molecular weight is 310 g/mol. The first-order valence-electron chi connectivity index (χ1n) is 6.59. The lowest BCUT2D eigenvalue weighted by molar-refractivity contribution is -0.123. The molecule has 1 saturated carbocycles. The first-order valence-corrected chi connectivity index (χ1v) is 7.71. The van der Waals surface area contributed by atoms with Gasteiger partial charge in [0.2, 0.25) is 5.91 Å². The summed E-state index contributed by atoms with van der Waals surface area (Å²) in [6, 6.07) is 10.1. The summed E-state index contributed by atoms with van der Waals surface area (Å²) in [7, 11) is 0. The highest BCUT2D eigenvalue weighted by Gasteiger charge is 2.50. The van der Waals surface area contributed by atoms with Gasteiger partial charge in [0.15, 0.2) is 0 Å². The molecule has 0 aromatic heterocycles. The molecule has 2 rings (SSSR count). The number of amides is 1. The van der Waals surface area contributed by atoms with E-state index in [4.69, 9.17) is 0 Å². The smallest absolute Gasteiger partial charge is 0.230 e. The van der Waals surface area contributed by atoms with E-state index < -0.39 is 0 Å². The van der Waals surface area contributed by atoms with Crippen LogP contribution in [0.25, 0.3) is 0 Å². The van der Waals surface area contributed by atoms with Gasteiger partial charge in [0, 0.05) is 11.9 Å². The van der Waals surface area contributed by atoms with Crippen LogP contribution in [0.1, 0.15) is 31.7 Å². The molecule has 98 valence electrons. The summed E-state index contributed by atoms with van der Waals surface area (Å²) in [5, 5.41) is 4.10. The third-order valence-electron chi connectivity index (χ3n) is 3.72. The fourth-order valence-electron chi connectivity index (χ4n) is 2.25. The second-order valence-corrected chi connectivity index (χ2v) is 6.03. The molecular weight excluding hydrogens is 290 g/mol. The fraction of sp³-hybridized carbons (Fsp3) is 0.533. The number of halogens is 1. The molecule has 0 radical (unpaired) electrons. The lowest BCUT2D eigenvalue weighted by atomic mass is 9.95. The first-order chi connectivity index (χ1) is 8.69. The lowest BCUT2D eigenvalue weighted by Crippen LogP contribution is -2.37. The Hall–Kier alpha value is -0.830. The molecule has 0 bridgehead atoms. The Morgan fingerprint density at radius 1 is 1.39 bits per heavy atom. The molecule has 1 fully saturated rings. The van der Waals surface area contributed by atoms with E-state index >= 15 is 0 Å². The normalized spacial score (nSPS) is 18.1. The van der Waals surface area contributed by atoms with Crippen molar-refractivity contribution >= 4 is 21.8 Å². The van der Waals surface area contributed by atoms with E-state index in [2.05, 4.69) is 40.3 Å². The number of hydrogen-bond donors (Lipinski definition) is 1. The van der Waals surface area contributed by atoms with E-state index in [1.165, 1.54) is 0 Å². The van der Waals surface area contributed by atoms with Crippen LogP contribution in [0, 0.1) is 5.92 Å². The van der Waals surface area contributed by atoms with Gasteiger partial charge in [0.1, 0.15) is 0 Å². The van der Waals surface area contributed by atoms with Crippen molar-refractivity contribution in [3.8, 4) is 0 Å². The molecule has 1 aliphatic rings. The van der Waals surface area contributed by atoms with E-state index in [0.29, 0.717) is 5.92 Å². The van der Waals surface area contributed by atoms with Crippen LogP contribution in [0.2, 0.25) is 0 Å². The van der Waals surface area contributed by atoms with Crippen molar-refractivity contribution < 1.29 is 4.79 Å². The van der Waals surface area contributed by atoms with Crippen LogP contribution >= 0.6 is 15.9 Å². The summed E-state index contributed by atoms with van der Waals surface area (Å²) in [6.07, 6.45) is 3.06. The molecule has 1 unspecified atom stereocenters. The number of rotatable bonds is 6. The van der Waals surface area contributed by atoms with E-state index in [-0.39, 0.29) is 11.3 Å². The van der Waals surface area contributed by atoms with Gasteiger partial charge in [-0.25, -0.2) is 0 Å². The highest BCUT2D eigenvalue weighted by molar-refractivity contribution is 9.09. The molecule has 0 saturated heterocycles. The minimum Gasteiger partial charge on any atom is -0.355 e. The molecule has 1 atom stereocenters. The number of carbonyl (C=O) groups excluding carboxylic acids is 1. The molecule has 0 aliphatic heterocycles. The van der Waals surface area contributed by atoms with Crippen LogP contribution in [-0.2, 0) is 10.2 Å². The Morgan fingerprint density at radius 3 is 2.61 bits per heavy atom. The van der Waals surface area contributed by atoms with Gasteiger partial charge in [-0.15, -0.1) is 0 Å². The average Bonchev–Trinajstić information content (AvgIpc) is 3.19. The Labute approximate surface area is 117 Å². The zero-order valence-electron chi connectivity index (χ0n) is 10.8. The summed E-state index contributed by atoms with van der Waals surface area (Å²) < 4.78 is 0. The first kappa shape index (κ1) is 13.6. The minimum atomic E-state index is -0.227. The quantitative estimate of drug-likeness (QED) is 0.803. The van der Waals surface area contributed by atoms with Gasteiger partial charge in [-0.05, 0) is 30.7 Å². The zero-order chi connectivity index (χ0) is 13.0. The number of nitrogens with one attached hydrogen (secondary N) is 1. The lowest BCUT2D eigenvalue weighted by Gasteiger charge is -2.17. The number of alkyl halides is 1. The molecule has 3 heteroatoms. The predicted octanol–water partition coefficient (Wildman–Crippen LogP) is 3.26. The minimum absolute atomic E-state index is 0.204. The van der Waals surface area contributed by atoms with Crippen molar-refractivity contribution in [3.63, 3.8) is 0 Å². The van der Waals surface area contributed by atoms with Gasteiger partial charge in [-0.2, -0.15) is 0 Å². The van der Waals surface area contributed by atoms with Gasteiger partial charge in [-0.3, -0.25) is 4.79 Å².